The van der Waals surface area contributed by atoms with Crippen LogP contribution in [0.15, 0.2) is 63.8 Å². The number of methoxy groups -OCH3 is 1. The largest absolute Gasteiger partial charge is 0.497 e. The van der Waals surface area contributed by atoms with Crippen LogP contribution in [0, 0.1) is 0 Å². The van der Waals surface area contributed by atoms with Gasteiger partial charge in [-0.3, -0.25) is 4.79 Å². The van der Waals surface area contributed by atoms with Gasteiger partial charge in [0.25, 0.3) is 11.3 Å². The average molecular weight is 319 g/mol. The lowest BCUT2D eigenvalue weighted by Gasteiger charge is -2.05. The zero-order valence-corrected chi connectivity index (χ0v) is 12.8. The highest BCUT2D eigenvalue weighted by atomic mass is 16.5. The quantitative estimate of drug-likeness (QED) is 0.627. The van der Waals surface area contributed by atoms with E-state index in [0.717, 1.165) is 16.9 Å². The lowest BCUT2D eigenvalue weighted by atomic mass is 10.00. The van der Waals surface area contributed by atoms with Gasteiger partial charge in [0.05, 0.1) is 7.11 Å². The van der Waals surface area contributed by atoms with Crippen molar-refractivity contribution in [2.24, 2.45) is 0 Å². The number of hydrogen-bond acceptors (Lipinski definition) is 5. The van der Waals surface area contributed by atoms with Crippen molar-refractivity contribution in [2.45, 2.75) is 0 Å². The van der Waals surface area contributed by atoms with Crippen LogP contribution in [0.5, 0.6) is 5.75 Å². The third kappa shape index (κ3) is 2.25. The van der Waals surface area contributed by atoms with E-state index in [4.69, 9.17) is 9.15 Å². The number of fused-ring (bicyclic) bond motifs is 1. The first-order chi connectivity index (χ1) is 11.8. The molecule has 0 bridgehead atoms. The fourth-order valence-corrected chi connectivity index (χ4v) is 2.70. The van der Waals surface area contributed by atoms with E-state index < -0.39 is 0 Å². The van der Waals surface area contributed by atoms with Crippen molar-refractivity contribution in [3.05, 3.63) is 65.0 Å². The van der Waals surface area contributed by atoms with Crippen LogP contribution in [0.1, 0.15) is 0 Å². The molecular weight excluding hydrogens is 306 g/mol. The number of hydrogen-bond donors (Lipinski definition) is 1. The maximum Gasteiger partial charge on any atom is 0.279 e. The van der Waals surface area contributed by atoms with Crippen molar-refractivity contribution in [2.75, 3.05) is 7.11 Å². The minimum atomic E-state index is -0.336. The SMILES string of the molecule is COc1ccc(-c2c(-c3ccccc3)oc3nn[nH]c(=O)c23)cc1. The van der Waals surface area contributed by atoms with E-state index in [-0.39, 0.29) is 11.3 Å². The van der Waals surface area contributed by atoms with Crippen molar-refractivity contribution in [3.63, 3.8) is 0 Å². The topological polar surface area (TPSA) is 81.0 Å². The Balaban J connectivity index is 2.05. The molecule has 0 aliphatic rings. The number of furan rings is 1. The van der Waals surface area contributed by atoms with Gasteiger partial charge in [-0.1, -0.05) is 52.8 Å². The summed E-state index contributed by atoms with van der Waals surface area (Å²) >= 11 is 0. The monoisotopic (exact) mass is 319 g/mol. The molecule has 0 fully saturated rings. The van der Waals surface area contributed by atoms with E-state index in [0.29, 0.717) is 16.7 Å². The molecule has 24 heavy (non-hydrogen) atoms. The molecule has 0 saturated carbocycles. The first-order valence-electron chi connectivity index (χ1n) is 7.35. The predicted octanol–water partition coefficient (Wildman–Crippen LogP) is 3.25. The fourth-order valence-electron chi connectivity index (χ4n) is 2.70. The number of aromatic nitrogens is 3. The number of H-pyrrole nitrogens is 1. The van der Waals surface area contributed by atoms with Gasteiger partial charge in [-0.25, -0.2) is 5.10 Å². The molecule has 1 N–H and O–H groups in total. The Morgan fingerprint density at radius 3 is 2.46 bits per heavy atom. The van der Waals surface area contributed by atoms with E-state index in [1.165, 1.54) is 0 Å². The summed E-state index contributed by atoms with van der Waals surface area (Å²) in [6.07, 6.45) is 0. The third-order valence-corrected chi connectivity index (χ3v) is 3.82. The summed E-state index contributed by atoms with van der Waals surface area (Å²) in [5, 5.41) is 10.2. The summed E-state index contributed by atoms with van der Waals surface area (Å²) in [6.45, 7) is 0. The van der Waals surface area contributed by atoms with Gasteiger partial charge in [-0.05, 0) is 17.7 Å². The molecule has 2 heterocycles. The molecule has 6 heteroatoms. The van der Waals surface area contributed by atoms with Gasteiger partial charge in [0.1, 0.15) is 16.9 Å². The summed E-state index contributed by atoms with van der Waals surface area (Å²) in [5.74, 6) is 1.32. The number of nitrogens with zero attached hydrogens (tertiary/aromatic N) is 2. The molecule has 0 unspecified atom stereocenters. The third-order valence-electron chi connectivity index (χ3n) is 3.82. The van der Waals surface area contributed by atoms with Crippen molar-refractivity contribution in [1.29, 1.82) is 0 Å². The molecule has 6 nitrogen and oxygen atoms in total. The number of nitrogens with one attached hydrogen (secondary N) is 1. The van der Waals surface area contributed by atoms with Crippen molar-refractivity contribution >= 4 is 11.1 Å². The molecular formula is C18H13N3O3. The lowest BCUT2D eigenvalue weighted by molar-refractivity contribution is 0.415. The Bertz CT molecular complexity index is 1050. The van der Waals surface area contributed by atoms with E-state index >= 15 is 0 Å². The average Bonchev–Trinajstić information content (AvgIpc) is 3.03. The van der Waals surface area contributed by atoms with Gasteiger partial charge in [0, 0.05) is 11.1 Å². The molecule has 0 amide bonds. The fraction of sp³-hybridized carbons (Fsp3) is 0.0556. The highest BCUT2D eigenvalue weighted by Gasteiger charge is 2.21. The summed E-state index contributed by atoms with van der Waals surface area (Å²) in [7, 11) is 1.61. The van der Waals surface area contributed by atoms with Crippen LogP contribution < -0.4 is 10.3 Å². The van der Waals surface area contributed by atoms with Crippen molar-refractivity contribution in [1.82, 2.24) is 15.4 Å². The molecule has 4 aromatic rings. The Hall–Kier alpha value is -3.41. The lowest BCUT2D eigenvalue weighted by Crippen LogP contribution is -2.09. The second-order valence-corrected chi connectivity index (χ2v) is 5.22. The maximum absolute atomic E-state index is 12.3. The zero-order chi connectivity index (χ0) is 16.5. The summed E-state index contributed by atoms with van der Waals surface area (Å²) in [5.41, 5.74) is 2.27. The van der Waals surface area contributed by atoms with Gasteiger partial charge in [-0.2, -0.15) is 0 Å². The van der Waals surface area contributed by atoms with Crippen LogP contribution in [0.3, 0.4) is 0 Å². The van der Waals surface area contributed by atoms with E-state index in [2.05, 4.69) is 15.4 Å². The van der Waals surface area contributed by atoms with Crippen molar-refractivity contribution in [3.8, 4) is 28.2 Å². The van der Waals surface area contributed by atoms with E-state index in [1.807, 2.05) is 54.6 Å². The number of aromatic amines is 1. The normalized spacial score (nSPS) is 10.9. The molecule has 2 aromatic heterocycles. The molecule has 0 spiro atoms. The van der Waals surface area contributed by atoms with Crippen LogP contribution in [-0.2, 0) is 0 Å². The number of benzene rings is 2. The summed E-state index contributed by atoms with van der Waals surface area (Å²) < 4.78 is 11.1. The molecule has 0 radical (unpaired) electrons. The minimum absolute atomic E-state index is 0.212. The van der Waals surface area contributed by atoms with Gasteiger partial charge in [-0.15, -0.1) is 0 Å². The van der Waals surface area contributed by atoms with Crippen LogP contribution in [0.25, 0.3) is 33.6 Å². The Kier molecular flexibility index (Phi) is 3.35. The second kappa shape index (κ2) is 5.66. The standard InChI is InChI=1S/C18H13N3O3/c1-23-13-9-7-11(8-10-13)14-15-17(22)19-21-20-18(15)24-16(14)12-5-3-2-4-6-12/h2-10H,1H3,(H,19,20,22). The van der Waals surface area contributed by atoms with Crippen LogP contribution in [-0.4, -0.2) is 22.5 Å². The molecule has 4 rings (SSSR count). The van der Waals surface area contributed by atoms with Gasteiger partial charge >= 0.3 is 0 Å². The Morgan fingerprint density at radius 1 is 1.00 bits per heavy atom. The minimum Gasteiger partial charge on any atom is -0.497 e. The van der Waals surface area contributed by atoms with Gasteiger partial charge < -0.3 is 9.15 Å². The number of ether oxygens (including phenoxy) is 1. The van der Waals surface area contributed by atoms with Gasteiger partial charge in [0.2, 0.25) is 0 Å². The highest BCUT2D eigenvalue weighted by Crippen LogP contribution is 2.38. The zero-order valence-electron chi connectivity index (χ0n) is 12.8. The molecule has 118 valence electrons. The molecule has 0 aliphatic carbocycles. The maximum atomic E-state index is 12.3. The number of rotatable bonds is 3. The van der Waals surface area contributed by atoms with E-state index in [9.17, 15) is 4.79 Å². The van der Waals surface area contributed by atoms with Crippen LogP contribution >= 0.6 is 0 Å². The molecule has 0 aliphatic heterocycles. The van der Waals surface area contributed by atoms with Gasteiger partial charge in [0.15, 0.2) is 0 Å². The highest BCUT2D eigenvalue weighted by molar-refractivity contribution is 5.99. The Morgan fingerprint density at radius 2 is 1.75 bits per heavy atom. The summed E-state index contributed by atoms with van der Waals surface area (Å²) in [6, 6.07) is 17.0. The summed E-state index contributed by atoms with van der Waals surface area (Å²) in [4.78, 5) is 12.3. The second-order valence-electron chi connectivity index (χ2n) is 5.22. The van der Waals surface area contributed by atoms with Crippen LogP contribution in [0.2, 0.25) is 0 Å². The van der Waals surface area contributed by atoms with E-state index in [1.54, 1.807) is 7.11 Å². The molecule has 0 atom stereocenters. The molecule has 2 aromatic carbocycles. The first-order valence-corrected chi connectivity index (χ1v) is 7.35. The Labute approximate surface area is 136 Å². The smallest absolute Gasteiger partial charge is 0.279 e. The van der Waals surface area contributed by atoms with Crippen LogP contribution in [0.4, 0.5) is 0 Å². The van der Waals surface area contributed by atoms with Crippen molar-refractivity contribution < 1.29 is 9.15 Å². The first kappa shape index (κ1) is 14.2. The molecule has 0 saturated heterocycles. The predicted molar refractivity (Wildman–Crippen MR) is 89.8 cm³/mol.